The first kappa shape index (κ1) is 16.5. The molecule has 0 aromatic heterocycles. The first-order chi connectivity index (χ1) is 10.7. The topological polar surface area (TPSA) is 72.6 Å². The predicted octanol–water partition coefficient (Wildman–Crippen LogP) is 2.62. The molecule has 2 saturated carbocycles. The lowest BCUT2D eigenvalue weighted by Crippen LogP contribution is -2.69. The number of alkyl halides is 1. The van der Waals surface area contributed by atoms with Crippen molar-refractivity contribution in [2.75, 3.05) is 0 Å². The van der Waals surface area contributed by atoms with Gasteiger partial charge in [0.2, 0.25) is 5.91 Å². The number of nitrogens with two attached hydrogens (primary N) is 1. The van der Waals surface area contributed by atoms with Crippen molar-refractivity contribution in [2.45, 2.75) is 76.7 Å². The van der Waals surface area contributed by atoms with Crippen LogP contribution in [-0.4, -0.2) is 40.8 Å². The summed E-state index contributed by atoms with van der Waals surface area (Å²) in [5.74, 6) is -0.735. The van der Waals surface area contributed by atoms with E-state index in [1.54, 1.807) is 20.8 Å². The molecule has 6 heteroatoms. The SMILES string of the molecule is CC(C)(C)OC(=O)N1[C@H](C(N)=O)[C@@H]2CC[C@H]1[C@@H](CC1CC1)[C@H]2F. The van der Waals surface area contributed by atoms with Gasteiger partial charge in [-0.25, -0.2) is 9.18 Å². The van der Waals surface area contributed by atoms with Crippen molar-refractivity contribution in [3.63, 3.8) is 0 Å². The van der Waals surface area contributed by atoms with Crippen molar-refractivity contribution in [2.24, 2.45) is 23.5 Å². The van der Waals surface area contributed by atoms with E-state index < -0.39 is 35.7 Å². The summed E-state index contributed by atoms with van der Waals surface area (Å²) < 4.78 is 20.4. The van der Waals surface area contributed by atoms with Gasteiger partial charge in [0, 0.05) is 17.9 Å². The number of hydrogen-bond donors (Lipinski definition) is 1. The Labute approximate surface area is 136 Å². The Morgan fingerprint density at radius 1 is 1.22 bits per heavy atom. The fourth-order valence-electron chi connectivity index (χ4n) is 4.29. The number of halogens is 1. The van der Waals surface area contributed by atoms with E-state index in [0.29, 0.717) is 12.3 Å². The molecular weight excluding hydrogens is 299 g/mol. The van der Waals surface area contributed by atoms with Gasteiger partial charge in [-0.1, -0.05) is 12.8 Å². The number of carbonyl (C=O) groups excluding carboxylic acids is 2. The van der Waals surface area contributed by atoms with Crippen LogP contribution in [0, 0.1) is 17.8 Å². The van der Waals surface area contributed by atoms with E-state index >= 15 is 0 Å². The molecule has 5 atom stereocenters. The number of amides is 2. The van der Waals surface area contributed by atoms with E-state index in [1.807, 2.05) is 0 Å². The number of hydrogen-bond acceptors (Lipinski definition) is 3. The van der Waals surface area contributed by atoms with Gasteiger partial charge in [0.1, 0.15) is 17.8 Å². The van der Waals surface area contributed by atoms with Crippen LogP contribution in [0.3, 0.4) is 0 Å². The summed E-state index contributed by atoms with van der Waals surface area (Å²) >= 11 is 0. The molecular formula is C17H27FN2O3. The summed E-state index contributed by atoms with van der Waals surface area (Å²) in [6.45, 7) is 5.35. The Hall–Kier alpha value is -1.33. The molecule has 2 aliphatic heterocycles. The van der Waals surface area contributed by atoms with Gasteiger partial charge in [-0.15, -0.1) is 0 Å². The third kappa shape index (κ3) is 3.17. The summed E-state index contributed by atoms with van der Waals surface area (Å²) in [4.78, 5) is 26.0. The second-order valence-corrected chi connectivity index (χ2v) is 8.33. The average molecular weight is 326 g/mol. The molecule has 23 heavy (non-hydrogen) atoms. The molecule has 130 valence electrons. The van der Waals surface area contributed by atoms with Crippen LogP contribution in [0.1, 0.15) is 52.9 Å². The molecule has 2 bridgehead atoms. The van der Waals surface area contributed by atoms with Gasteiger partial charge in [-0.05, 0) is 46.0 Å². The highest BCUT2D eigenvalue weighted by Gasteiger charge is 2.58. The lowest BCUT2D eigenvalue weighted by Gasteiger charge is -2.55. The standard InChI is InChI=1S/C17H27FN2O3/c1-17(2,3)23-16(22)20-12-7-6-10(14(20)15(19)21)13(18)11(12)8-9-4-5-9/h9-14H,4-8H2,1-3H3,(H2,19,21)/t10-,11-,12+,13+,14+/m1/s1. The van der Waals surface area contributed by atoms with E-state index in [4.69, 9.17) is 10.5 Å². The lowest BCUT2D eigenvalue weighted by molar-refractivity contribution is -0.144. The van der Waals surface area contributed by atoms with E-state index in [0.717, 1.165) is 25.7 Å². The second kappa shape index (κ2) is 5.64. The molecule has 0 aromatic carbocycles. The van der Waals surface area contributed by atoms with Gasteiger partial charge in [-0.3, -0.25) is 9.69 Å². The van der Waals surface area contributed by atoms with Crippen LogP contribution in [0.5, 0.6) is 0 Å². The summed E-state index contributed by atoms with van der Waals surface area (Å²) in [6, 6.07) is -1.16. The second-order valence-electron chi connectivity index (χ2n) is 8.33. The number of primary amides is 1. The van der Waals surface area contributed by atoms with Gasteiger partial charge in [0.25, 0.3) is 0 Å². The number of rotatable bonds is 3. The van der Waals surface area contributed by atoms with E-state index in [2.05, 4.69) is 0 Å². The Balaban J connectivity index is 1.86. The number of ether oxygens (including phenoxy) is 1. The largest absolute Gasteiger partial charge is 0.444 e. The zero-order valence-electron chi connectivity index (χ0n) is 14.1. The van der Waals surface area contributed by atoms with Gasteiger partial charge in [0.15, 0.2) is 0 Å². The fourth-order valence-corrected chi connectivity index (χ4v) is 4.29. The van der Waals surface area contributed by atoms with Gasteiger partial charge in [0.05, 0.1) is 0 Å². The molecule has 2 saturated heterocycles. The quantitative estimate of drug-likeness (QED) is 0.866. The minimum absolute atomic E-state index is 0.190. The Morgan fingerprint density at radius 2 is 1.87 bits per heavy atom. The van der Waals surface area contributed by atoms with E-state index in [-0.39, 0.29) is 12.0 Å². The molecule has 0 aromatic rings. The highest BCUT2D eigenvalue weighted by atomic mass is 19.1. The summed E-state index contributed by atoms with van der Waals surface area (Å²) in [5.41, 5.74) is 4.86. The highest BCUT2D eigenvalue weighted by Crippen LogP contribution is 2.50. The van der Waals surface area contributed by atoms with Gasteiger partial charge >= 0.3 is 6.09 Å². The number of piperidine rings is 2. The average Bonchev–Trinajstić information content (AvgIpc) is 3.23. The van der Waals surface area contributed by atoms with E-state index in [1.165, 1.54) is 4.90 Å². The third-order valence-electron chi connectivity index (χ3n) is 5.37. The first-order valence-corrected chi connectivity index (χ1v) is 8.63. The van der Waals surface area contributed by atoms with Gasteiger partial charge in [-0.2, -0.15) is 0 Å². The highest BCUT2D eigenvalue weighted by molar-refractivity contribution is 5.85. The Kier molecular flexibility index (Phi) is 4.05. The molecule has 0 unspecified atom stereocenters. The van der Waals surface area contributed by atoms with Crippen molar-refractivity contribution < 1.29 is 18.7 Å². The summed E-state index contributed by atoms with van der Waals surface area (Å²) in [6.07, 6.45) is 2.84. The maximum atomic E-state index is 14.9. The van der Waals surface area contributed by atoms with Crippen molar-refractivity contribution >= 4 is 12.0 Å². The molecule has 4 aliphatic rings. The van der Waals surface area contributed by atoms with Crippen molar-refractivity contribution in [1.82, 2.24) is 4.90 Å². The van der Waals surface area contributed by atoms with Gasteiger partial charge < -0.3 is 10.5 Å². The van der Waals surface area contributed by atoms with Crippen LogP contribution >= 0.6 is 0 Å². The maximum absolute atomic E-state index is 14.9. The zero-order chi connectivity index (χ0) is 16.9. The number of nitrogens with zero attached hydrogens (tertiary/aromatic N) is 1. The molecule has 5 nitrogen and oxygen atoms in total. The van der Waals surface area contributed by atoms with Crippen LogP contribution in [-0.2, 0) is 9.53 Å². The van der Waals surface area contributed by atoms with E-state index in [9.17, 15) is 14.0 Å². The molecule has 2 heterocycles. The summed E-state index contributed by atoms with van der Waals surface area (Å²) in [7, 11) is 0. The maximum Gasteiger partial charge on any atom is 0.411 e. The Morgan fingerprint density at radius 3 is 2.39 bits per heavy atom. The molecule has 0 spiro atoms. The Bertz CT molecular complexity index is 501. The fraction of sp³-hybridized carbons (Fsp3) is 0.882. The minimum atomic E-state index is -1.05. The normalized spacial score (nSPS) is 36.9. The van der Waals surface area contributed by atoms with Crippen molar-refractivity contribution in [1.29, 1.82) is 0 Å². The molecule has 4 fully saturated rings. The molecule has 4 rings (SSSR count). The molecule has 2 N–H and O–H groups in total. The summed E-state index contributed by atoms with van der Waals surface area (Å²) in [5, 5.41) is 0. The third-order valence-corrected chi connectivity index (χ3v) is 5.37. The smallest absolute Gasteiger partial charge is 0.411 e. The predicted molar refractivity (Wildman–Crippen MR) is 83.3 cm³/mol. The van der Waals surface area contributed by atoms with Crippen LogP contribution < -0.4 is 5.73 Å². The zero-order valence-corrected chi connectivity index (χ0v) is 14.1. The number of fused-ring (bicyclic) bond motifs is 3. The lowest BCUT2D eigenvalue weighted by atomic mass is 9.66. The molecule has 2 amide bonds. The van der Waals surface area contributed by atoms with Crippen LogP contribution in [0.4, 0.5) is 9.18 Å². The van der Waals surface area contributed by atoms with Crippen LogP contribution in [0.15, 0.2) is 0 Å². The number of carbonyl (C=O) groups is 2. The van der Waals surface area contributed by atoms with Crippen molar-refractivity contribution in [3.05, 3.63) is 0 Å². The van der Waals surface area contributed by atoms with Crippen molar-refractivity contribution in [3.8, 4) is 0 Å². The molecule has 0 radical (unpaired) electrons. The minimum Gasteiger partial charge on any atom is -0.444 e. The first-order valence-electron chi connectivity index (χ1n) is 8.63. The molecule has 2 aliphatic carbocycles. The monoisotopic (exact) mass is 326 g/mol. The van der Waals surface area contributed by atoms with Crippen LogP contribution in [0.25, 0.3) is 0 Å². The van der Waals surface area contributed by atoms with Crippen LogP contribution in [0.2, 0.25) is 0 Å².